The summed E-state index contributed by atoms with van der Waals surface area (Å²) < 4.78 is 8.80. The fourth-order valence-corrected chi connectivity index (χ4v) is 3.44. The second kappa shape index (κ2) is 8.43. The lowest BCUT2D eigenvalue weighted by Crippen LogP contribution is -2.38. The van der Waals surface area contributed by atoms with Gasteiger partial charge in [-0.3, -0.25) is 9.59 Å². The minimum Gasteiger partial charge on any atom is -0.459 e. The van der Waals surface area contributed by atoms with Crippen LogP contribution >= 0.6 is 0 Å². The van der Waals surface area contributed by atoms with Gasteiger partial charge in [0, 0.05) is 25.7 Å². The molecule has 3 rings (SSSR count). The first kappa shape index (κ1) is 19.9. The van der Waals surface area contributed by atoms with Crippen molar-refractivity contribution in [2.75, 3.05) is 26.2 Å². The zero-order chi connectivity index (χ0) is 20.3. The number of hydrogen-bond donors (Lipinski definition) is 1. The van der Waals surface area contributed by atoms with E-state index in [1.807, 2.05) is 17.6 Å². The van der Waals surface area contributed by atoms with Crippen LogP contribution in [0, 0.1) is 6.92 Å². The largest absolute Gasteiger partial charge is 0.459 e. The highest BCUT2D eigenvalue weighted by molar-refractivity contribution is 6.04. The van der Waals surface area contributed by atoms with Crippen molar-refractivity contribution in [1.29, 1.82) is 0 Å². The van der Waals surface area contributed by atoms with E-state index >= 15 is 0 Å². The highest BCUT2D eigenvalue weighted by Gasteiger charge is 2.19. The molecule has 0 unspecified atom stereocenters. The summed E-state index contributed by atoms with van der Waals surface area (Å²) in [7, 11) is 0. The maximum atomic E-state index is 13.0. The number of aryl methyl sites for hydroxylation is 1. The van der Waals surface area contributed by atoms with Crippen molar-refractivity contribution in [1.82, 2.24) is 24.6 Å². The fourth-order valence-electron chi connectivity index (χ4n) is 3.44. The third kappa shape index (κ3) is 3.73. The van der Waals surface area contributed by atoms with Crippen molar-refractivity contribution in [2.45, 2.75) is 33.9 Å². The van der Waals surface area contributed by atoms with Gasteiger partial charge in [-0.05, 0) is 20.0 Å². The maximum Gasteiger partial charge on any atom is 0.291 e. The van der Waals surface area contributed by atoms with Crippen molar-refractivity contribution in [3.8, 4) is 0 Å². The molecule has 28 heavy (non-hydrogen) atoms. The number of allylic oxidation sites excluding steroid dienone is 1. The summed E-state index contributed by atoms with van der Waals surface area (Å²) >= 11 is 0. The molecule has 150 valence electrons. The van der Waals surface area contributed by atoms with Gasteiger partial charge in [0.1, 0.15) is 17.8 Å². The van der Waals surface area contributed by atoms with Gasteiger partial charge in [0.2, 0.25) is 5.91 Å². The highest BCUT2D eigenvalue weighted by atomic mass is 16.3. The number of rotatable bonds is 9. The van der Waals surface area contributed by atoms with E-state index in [2.05, 4.69) is 35.7 Å². The maximum absolute atomic E-state index is 13.0. The van der Waals surface area contributed by atoms with E-state index in [9.17, 15) is 9.59 Å². The molecule has 0 bridgehead atoms. The summed E-state index contributed by atoms with van der Waals surface area (Å²) in [6.45, 7) is 13.3. The molecule has 0 atom stereocenters. The minimum atomic E-state index is -0.317. The number of furan rings is 1. The number of fused-ring (bicyclic) bond motifs is 3. The predicted octanol–water partition coefficient (Wildman–Crippen LogP) is 1.90. The molecule has 0 aliphatic heterocycles. The number of carbonyl (C=O) groups is 1. The van der Waals surface area contributed by atoms with Crippen LogP contribution in [0.1, 0.15) is 19.6 Å². The number of carbonyl (C=O) groups excluding carboxylic acids is 1. The Kier molecular flexibility index (Phi) is 5.99. The van der Waals surface area contributed by atoms with Gasteiger partial charge in [-0.2, -0.15) is 5.10 Å². The summed E-state index contributed by atoms with van der Waals surface area (Å²) in [6.07, 6.45) is 3.32. The van der Waals surface area contributed by atoms with Crippen LogP contribution in [0.2, 0.25) is 0 Å². The first-order valence-corrected chi connectivity index (χ1v) is 9.58. The monoisotopic (exact) mass is 385 g/mol. The molecule has 3 aromatic heterocycles. The lowest BCUT2D eigenvalue weighted by Gasteiger charge is -2.17. The van der Waals surface area contributed by atoms with Gasteiger partial charge in [0.25, 0.3) is 5.56 Å². The Hall–Kier alpha value is -2.87. The van der Waals surface area contributed by atoms with Crippen LogP contribution in [0.3, 0.4) is 0 Å². The quantitative estimate of drug-likeness (QED) is 0.569. The molecule has 0 aromatic carbocycles. The molecule has 0 fully saturated rings. The van der Waals surface area contributed by atoms with Crippen LogP contribution in [0.15, 0.2) is 34.1 Å². The lowest BCUT2D eigenvalue weighted by molar-refractivity contribution is -0.121. The van der Waals surface area contributed by atoms with E-state index in [1.165, 1.54) is 4.68 Å². The molecule has 1 N–H and O–H groups in total. The Morgan fingerprint density at radius 3 is 2.82 bits per heavy atom. The molecule has 0 spiro atoms. The topological polar surface area (TPSA) is 85.3 Å². The van der Waals surface area contributed by atoms with E-state index in [4.69, 9.17) is 4.42 Å². The molecule has 3 aromatic rings. The van der Waals surface area contributed by atoms with Crippen molar-refractivity contribution in [3.63, 3.8) is 0 Å². The standard InChI is InChI=1S/C20H27N5O3/c1-5-9-24-16-11-14(4)28-19(16)15-12-22-25(20(27)18(15)24)13-17(26)21-8-10-23(6-2)7-3/h5,11-12H,1,6-10,13H2,2-4H3,(H,21,26). The van der Waals surface area contributed by atoms with E-state index in [0.29, 0.717) is 29.6 Å². The van der Waals surface area contributed by atoms with Gasteiger partial charge in [-0.15, -0.1) is 6.58 Å². The van der Waals surface area contributed by atoms with Crippen LogP contribution in [-0.2, 0) is 17.9 Å². The molecule has 0 saturated heterocycles. The summed E-state index contributed by atoms with van der Waals surface area (Å²) in [6, 6.07) is 1.89. The SMILES string of the molecule is C=CCn1c2cc(C)oc2c2cnn(CC(=O)NCCN(CC)CC)c(=O)c21. The predicted molar refractivity (Wildman–Crippen MR) is 109 cm³/mol. The average Bonchev–Trinajstić information content (AvgIpc) is 3.18. The van der Waals surface area contributed by atoms with Crippen LogP contribution in [0.4, 0.5) is 0 Å². The van der Waals surface area contributed by atoms with Crippen molar-refractivity contribution in [2.24, 2.45) is 0 Å². The zero-order valence-electron chi connectivity index (χ0n) is 16.7. The smallest absolute Gasteiger partial charge is 0.291 e. The summed E-state index contributed by atoms with van der Waals surface area (Å²) in [4.78, 5) is 27.5. The number of likely N-dealkylation sites (N-methyl/N-ethyl adjacent to an activating group) is 1. The Morgan fingerprint density at radius 1 is 1.39 bits per heavy atom. The number of nitrogens with one attached hydrogen (secondary N) is 1. The van der Waals surface area contributed by atoms with Crippen molar-refractivity contribution < 1.29 is 9.21 Å². The van der Waals surface area contributed by atoms with Crippen molar-refractivity contribution in [3.05, 3.63) is 41.0 Å². The van der Waals surface area contributed by atoms with Crippen LogP contribution in [-0.4, -0.2) is 51.3 Å². The molecular weight excluding hydrogens is 358 g/mol. The Bertz CT molecular complexity index is 1060. The number of aromatic nitrogens is 3. The Morgan fingerprint density at radius 2 is 2.14 bits per heavy atom. The summed E-state index contributed by atoms with van der Waals surface area (Å²) in [5.41, 5.74) is 1.62. The lowest BCUT2D eigenvalue weighted by atomic mass is 10.3. The van der Waals surface area contributed by atoms with Gasteiger partial charge in [0.05, 0.1) is 17.1 Å². The molecule has 0 aliphatic rings. The molecular formula is C20H27N5O3. The van der Waals surface area contributed by atoms with Gasteiger partial charge < -0.3 is 19.2 Å². The van der Waals surface area contributed by atoms with E-state index < -0.39 is 0 Å². The summed E-state index contributed by atoms with van der Waals surface area (Å²) in [5.74, 6) is 0.531. The third-order valence-corrected chi connectivity index (χ3v) is 4.91. The van der Waals surface area contributed by atoms with Gasteiger partial charge in [-0.25, -0.2) is 4.68 Å². The Balaban J connectivity index is 1.86. The van der Waals surface area contributed by atoms with Crippen LogP contribution in [0.5, 0.6) is 0 Å². The molecule has 8 heteroatoms. The average molecular weight is 385 g/mol. The second-order valence-corrected chi connectivity index (χ2v) is 6.72. The van der Waals surface area contributed by atoms with Crippen LogP contribution in [0.25, 0.3) is 22.0 Å². The van der Waals surface area contributed by atoms with E-state index in [-0.39, 0.29) is 18.0 Å². The first-order chi connectivity index (χ1) is 13.5. The van der Waals surface area contributed by atoms with E-state index in [0.717, 1.165) is 30.9 Å². The number of amides is 1. The van der Waals surface area contributed by atoms with E-state index in [1.54, 1.807) is 12.3 Å². The van der Waals surface area contributed by atoms with Gasteiger partial charge in [-0.1, -0.05) is 19.9 Å². The first-order valence-electron chi connectivity index (χ1n) is 9.58. The highest BCUT2D eigenvalue weighted by Crippen LogP contribution is 2.29. The molecule has 0 aliphatic carbocycles. The normalized spacial score (nSPS) is 11.6. The van der Waals surface area contributed by atoms with Crippen molar-refractivity contribution >= 4 is 27.9 Å². The molecule has 0 radical (unpaired) electrons. The Labute approximate surface area is 163 Å². The third-order valence-electron chi connectivity index (χ3n) is 4.91. The second-order valence-electron chi connectivity index (χ2n) is 6.72. The minimum absolute atomic E-state index is 0.118. The fraction of sp³-hybridized carbons (Fsp3) is 0.450. The van der Waals surface area contributed by atoms with Gasteiger partial charge >= 0.3 is 0 Å². The van der Waals surface area contributed by atoms with Gasteiger partial charge in [0.15, 0.2) is 5.58 Å². The molecule has 8 nitrogen and oxygen atoms in total. The molecule has 0 saturated carbocycles. The molecule has 1 amide bonds. The number of hydrogen-bond acceptors (Lipinski definition) is 5. The zero-order valence-corrected chi connectivity index (χ0v) is 16.7. The molecule has 3 heterocycles. The van der Waals surface area contributed by atoms with Crippen LogP contribution < -0.4 is 10.9 Å². The summed E-state index contributed by atoms with van der Waals surface area (Å²) in [5, 5.41) is 7.69. The number of nitrogens with zero attached hydrogens (tertiary/aromatic N) is 4.